The second kappa shape index (κ2) is 4.70. The van der Waals surface area contributed by atoms with Crippen LogP contribution in [-0.2, 0) is 10.8 Å². The molecule has 104 valence electrons. The van der Waals surface area contributed by atoms with Gasteiger partial charge in [0.25, 0.3) is 0 Å². The Bertz CT molecular complexity index is 669. The Balaban J connectivity index is 1.84. The third-order valence-electron chi connectivity index (χ3n) is 4.08. The fourth-order valence-electron chi connectivity index (χ4n) is 2.92. The molecule has 2 aliphatic heterocycles. The molecule has 0 bridgehead atoms. The van der Waals surface area contributed by atoms with Crippen molar-refractivity contribution in [3.05, 3.63) is 33.3 Å². The van der Waals surface area contributed by atoms with Gasteiger partial charge in [0.1, 0.15) is 0 Å². The van der Waals surface area contributed by atoms with Gasteiger partial charge in [-0.15, -0.1) is 11.8 Å². The number of aromatic nitrogens is 2. The zero-order chi connectivity index (χ0) is 13.7. The van der Waals surface area contributed by atoms with Crippen molar-refractivity contribution in [2.24, 2.45) is 10.9 Å². The van der Waals surface area contributed by atoms with E-state index in [2.05, 4.69) is 10.2 Å². The molecule has 20 heavy (non-hydrogen) atoms. The number of nitrogens with one attached hydrogen (secondary N) is 1. The van der Waals surface area contributed by atoms with Crippen LogP contribution >= 0.6 is 11.8 Å². The van der Waals surface area contributed by atoms with Crippen molar-refractivity contribution in [1.29, 1.82) is 0 Å². The van der Waals surface area contributed by atoms with Gasteiger partial charge in [0, 0.05) is 18.0 Å². The number of nitrogens with zero attached hydrogens (tertiary/aromatic N) is 2. The lowest BCUT2D eigenvalue weighted by molar-refractivity contribution is 0.591. The molecule has 0 saturated heterocycles. The molecule has 1 fully saturated rings. The molecule has 1 aromatic heterocycles. The van der Waals surface area contributed by atoms with Gasteiger partial charge >= 0.3 is 0 Å². The van der Waals surface area contributed by atoms with Gasteiger partial charge in [-0.05, 0) is 43.1 Å². The SMILES string of the molecule is CSC1=C2C=NC(C3CC3)CC2=C(c2ccn[nH]2)S1=O. The molecular formula is C14H15N3OS2. The summed E-state index contributed by atoms with van der Waals surface area (Å²) in [6.07, 6.45) is 9.13. The first-order valence-corrected chi connectivity index (χ1v) is 9.13. The predicted molar refractivity (Wildman–Crippen MR) is 83.8 cm³/mol. The Morgan fingerprint density at radius 3 is 2.95 bits per heavy atom. The van der Waals surface area contributed by atoms with Crippen molar-refractivity contribution >= 4 is 33.7 Å². The van der Waals surface area contributed by atoms with E-state index in [0.717, 1.165) is 32.7 Å². The Labute approximate surface area is 124 Å². The molecule has 4 nitrogen and oxygen atoms in total. The van der Waals surface area contributed by atoms with Gasteiger partial charge in [-0.3, -0.25) is 10.1 Å². The molecule has 1 N–H and O–H groups in total. The monoisotopic (exact) mass is 305 g/mol. The van der Waals surface area contributed by atoms with E-state index in [1.165, 1.54) is 18.4 Å². The zero-order valence-corrected chi connectivity index (χ0v) is 12.8. The Kier molecular flexibility index (Phi) is 2.96. The van der Waals surface area contributed by atoms with E-state index in [9.17, 15) is 4.21 Å². The highest BCUT2D eigenvalue weighted by Gasteiger charge is 2.39. The van der Waals surface area contributed by atoms with Crippen LogP contribution in [-0.4, -0.2) is 32.9 Å². The van der Waals surface area contributed by atoms with Crippen molar-refractivity contribution in [3.63, 3.8) is 0 Å². The second-order valence-electron chi connectivity index (χ2n) is 5.34. The summed E-state index contributed by atoms with van der Waals surface area (Å²) in [6, 6.07) is 2.28. The molecule has 0 spiro atoms. The van der Waals surface area contributed by atoms with E-state index in [-0.39, 0.29) is 0 Å². The van der Waals surface area contributed by atoms with Crippen LogP contribution in [0, 0.1) is 5.92 Å². The molecule has 0 aromatic carbocycles. The fraction of sp³-hybridized carbons (Fsp3) is 0.429. The highest BCUT2D eigenvalue weighted by molar-refractivity contribution is 8.19. The summed E-state index contributed by atoms with van der Waals surface area (Å²) in [6.45, 7) is 0. The van der Waals surface area contributed by atoms with Gasteiger partial charge in [0.15, 0.2) is 0 Å². The van der Waals surface area contributed by atoms with E-state index >= 15 is 0 Å². The largest absolute Gasteiger partial charge is 0.289 e. The van der Waals surface area contributed by atoms with Crippen molar-refractivity contribution < 1.29 is 4.21 Å². The lowest BCUT2D eigenvalue weighted by Gasteiger charge is -2.19. The maximum absolute atomic E-state index is 12.8. The third-order valence-corrected chi connectivity index (χ3v) is 7.02. The molecule has 2 atom stereocenters. The van der Waals surface area contributed by atoms with E-state index in [4.69, 9.17) is 4.99 Å². The molecule has 0 radical (unpaired) electrons. The number of fused-ring (bicyclic) bond motifs is 1. The Morgan fingerprint density at radius 1 is 1.45 bits per heavy atom. The minimum atomic E-state index is -1.10. The quantitative estimate of drug-likeness (QED) is 0.934. The van der Waals surface area contributed by atoms with Crippen LogP contribution in [0.1, 0.15) is 25.0 Å². The van der Waals surface area contributed by atoms with Crippen LogP contribution in [0.25, 0.3) is 4.91 Å². The summed E-state index contributed by atoms with van der Waals surface area (Å²) in [4.78, 5) is 5.61. The third kappa shape index (κ3) is 1.85. The molecule has 1 aliphatic carbocycles. The fourth-order valence-corrected chi connectivity index (χ4v) is 5.46. The van der Waals surface area contributed by atoms with Crippen molar-refractivity contribution in [1.82, 2.24) is 10.2 Å². The second-order valence-corrected chi connectivity index (χ2v) is 7.77. The topological polar surface area (TPSA) is 58.1 Å². The Morgan fingerprint density at radius 2 is 2.30 bits per heavy atom. The summed E-state index contributed by atoms with van der Waals surface area (Å²) in [5.41, 5.74) is 3.17. The van der Waals surface area contributed by atoms with Gasteiger partial charge in [0.2, 0.25) is 0 Å². The van der Waals surface area contributed by atoms with Crippen molar-refractivity contribution in [2.75, 3.05) is 6.26 Å². The average Bonchev–Trinajstić information content (AvgIpc) is 3.10. The number of aliphatic imine (C=N–C) groups is 1. The summed E-state index contributed by atoms with van der Waals surface area (Å²) in [5, 5.41) is 6.97. The number of thioether (sulfide) groups is 1. The molecule has 6 heteroatoms. The first kappa shape index (κ1) is 12.6. The lowest BCUT2D eigenvalue weighted by Crippen LogP contribution is -2.15. The number of aromatic amines is 1. The number of hydrogen-bond acceptors (Lipinski definition) is 4. The summed E-state index contributed by atoms with van der Waals surface area (Å²) in [5.74, 6) is 0.732. The van der Waals surface area contributed by atoms with Gasteiger partial charge < -0.3 is 0 Å². The molecule has 3 aliphatic rings. The van der Waals surface area contributed by atoms with E-state index < -0.39 is 10.8 Å². The number of H-pyrrole nitrogens is 1. The van der Waals surface area contributed by atoms with Crippen LogP contribution in [0.15, 0.2) is 32.6 Å². The number of rotatable bonds is 3. The van der Waals surface area contributed by atoms with Crippen LogP contribution in [0.2, 0.25) is 0 Å². The molecule has 4 rings (SSSR count). The predicted octanol–water partition coefficient (Wildman–Crippen LogP) is 2.71. The standard InChI is InChI=1S/C14H15N3OS2/c1-19-14-10-7-15-12(8-2-3-8)6-9(10)13(20(14)18)11-4-5-16-17-11/h4-5,7-8,12H,2-3,6H2,1H3,(H,16,17). The molecular weight excluding hydrogens is 290 g/mol. The zero-order valence-electron chi connectivity index (χ0n) is 11.1. The van der Waals surface area contributed by atoms with Gasteiger partial charge in [-0.25, -0.2) is 4.21 Å². The number of allylic oxidation sites excluding steroid dienone is 1. The maximum atomic E-state index is 12.8. The Hall–Kier alpha value is -1.14. The van der Waals surface area contributed by atoms with Crippen LogP contribution in [0.4, 0.5) is 0 Å². The highest BCUT2D eigenvalue weighted by Crippen LogP contribution is 2.48. The molecule has 1 aromatic rings. The summed E-state index contributed by atoms with van der Waals surface area (Å²) in [7, 11) is -1.10. The van der Waals surface area contributed by atoms with Crippen molar-refractivity contribution in [2.45, 2.75) is 25.3 Å². The summed E-state index contributed by atoms with van der Waals surface area (Å²) >= 11 is 1.56. The first-order valence-electron chi connectivity index (χ1n) is 6.76. The number of hydrogen-bond donors (Lipinski definition) is 1. The minimum absolute atomic E-state index is 0.380. The van der Waals surface area contributed by atoms with E-state index in [1.54, 1.807) is 18.0 Å². The van der Waals surface area contributed by atoms with Crippen LogP contribution < -0.4 is 0 Å². The highest BCUT2D eigenvalue weighted by atomic mass is 32.2. The van der Waals surface area contributed by atoms with Crippen LogP contribution in [0.5, 0.6) is 0 Å². The van der Waals surface area contributed by atoms with E-state index in [1.807, 2.05) is 18.5 Å². The lowest BCUT2D eigenvalue weighted by atomic mass is 9.94. The minimum Gasteiger partial charge on any atom is -0.289 e. The van der Waals surface area contributed by atoms with Gasteiger partial charge in [-0.1, -0.05) is 0 Å². The van der Waals surface area contributed by atoms with Gasteiger partial charge in [-0.2, -0.15) is 5.10 Å². The summed E-state index contributed by atoms with van der Waals surface area (Å²) < 4.78 is 13.7. The normalized spacial score (nSPS) is 29.2. The van der Waals surface area contributed by atoms with Crippen molar-refractivity contribution in [3.8, 4) is 0 Å². The first-order chi connectivity index (χ1) is 9.79. The average molecular weight is 305 g/mol. The molecule has 1 saturated carbocycles. The maximum Gasteiger partial charge on any atom is 0.0946 e. The molecule has 3 heterocycles. The molecule has 2 unspecified atom stereocenters. The van der Waals surface area contributed by atoms with Crippen LogP contribution in [0.3, 0.4) is 0 Å². The molecule has 0 amide bonds. The van der Waals surface area contributed by atoms with E-state index in [0.29, 0.717) is 6.04 Å². The van der Waals surface area contributed by atoms with Gasteiger partial charge in [0.05, 0.1) is 31.7 Å². The smallest absolute Gasteiger partial charge is 0.0946 e.